The number of hydrogen-bond acceptors (Lipinski definition) is 4. The Hall–Kier alpha value is -1.84. The first kappa shape index (κ1) is 17.5. The van der Waals surface area contributed by atoms with Crippen LogP contribution in [0.25, 0.3) is 0 Å². The van der Waals surface area contributed by atoms with Crippen LogP contribution in [0.4, 0.5) is 0 Å². The second kappa shape index (κ2) is 6.73. The maximum Gasteiger partial charge on any atom is 0.275 e. The molecule has 0 aliphatic rings. The van der Waals surface area contributed by atoms with Crippen LogP contribution in [0.5, 0.6) is 0 Å². The number of H-pyrrole nitrogens is 1. The highest BCUT2D eigenvalue weighted by atomic mass is 32.2. The number of rotatable bonds is 5. The van der Waals surface area contributed by atoms with Crippen LogP contribution >= 0.6 is 0 Å². The predicted molar refractivity (Wildman–Crippen MR) is 87.5 cm³/mol. The van der Waals surface area contributed by atoms with E-state index in [0.717, 1.165) is 0 Å². The molecule has 2 aromatic rings. The molecule has 2 rings (SSSR count). The Morgan fingerprint density at radius 3 is 2.43 bits per heavy atom. The number of hydrogen-bond donors (Lipinski definition) is 2. The van der Waals surface area contributed by atoms with Crippen molar-refractivity contribution in [3.8, 4) is 0 Å². The fourth-order valence-electron chi connectivity index (χ4n) is 2.45. The van der Waals surface area contributed by atoms with Gasteiger partial charge in [0.1, 0.15) is 5.56 Å². The predicted octanol–water partition coefficient (Wildman–Crippen LogP) is 0.712. The van der Waals surface area contributed by atoms with Gasteiger partial charge in [0.25, 0.3) is 5.56 Å². The van der Waals surface area contributed by atoms with Crippen LogP contribution in [0.2, 0.25) is 0 Å². The molecule has 23 heavy (non-hydrogen) atoms. The van der Waals surface area contributed by atoms with Crippen molar-refractivity contribution in [2.24, 2.45) is 7.05 Å². The Morgan fingerprint density at radius 1 is 1.30 bits per heavy atom. The Morgan fingerprint density at radius 2 is 1.96 bits per heavy atom. The lowest BCUT2D eigenvalue weighted by Crippen LogP contribution is -2.16. The van der Waals surface area contributed by atoms with Crippen molar-refractivity contribution in [3.05, 3.63) is 50.9 Å². The molecule has 0 radical (unpaired) electrons. The zero-order chi connectivity index (χ0) is 17.3. The topological polar surface area (TPSA) is 109 Å². The van der Waals surface area contributed by atoms with E-state index in [9.17, 15) is 18.0 Å². The lowest BCUT2D eigenvalue weighted by Gasteiger charge is -2.12. The number of carbonyl (C=O) groups is 1. The third-order valence-electron chi connectivity index (χ3n) is 3.39. The highest BCUT2D eigenvalue weighted by molar-refractivity contribution is 7.84. The summed E-state index contributed by atoms with van der Waals surface area (Å²) >= 11 is -2.08. The molecule has 0 amide bonds. The number of aryl methyl sites for hydroxylation is 1. The van der Waals surface area contributed by atoms with E-state index in [1.807, 2.05) is 0 Å². The molecule has 124 valence electrons. The Balaban J connectivity index is 2.61. The molecule has 1 heterocycles. The number of aromatic amines is 1. The molecule has 1 aromatic carbocycles. The molecule has 1 aromatic heterocycles. The van der Waals surface area contributed by atoms with Gasteiger partial charge in [0.15, 0.2) is 16.9 Å². The fourth-order valence-corrected chi connectivity index (χ4v) is 4.10. The van der Waals surface area contributed by atoms with Crippen molar-refractivity contribution in [1.29, 1.82) is 0 Å². The van der Waals surface area contributed by atoms with Crippen LogP contribution in [-0.4, -0.2) is 34.8 Å². The van der Waals surface area contributed by atoms with Gasteiger partial charge in [0.2, 0.25) is 0 Å². The van der Waals surface area contributed by atoms with Crippen LogP contribution < -0.4 is 5.56 Å². The van der Waals surface area contributed by atoms with Gasteiger partial charge in [-0.2, -0.15) is 0 Å². The van der Waals surface area contributed by atoms with Gasteiger partial charge in [0.05, 0.1) is 16.6 Å². The number of aromatic nitrogens is 2. The monoisotopic (exact) mass is 356 g/mol. The molecular formula is C14H16N2O5S2. The minimum Gasteiger partial charge on any atom is -0.306 e. The standard InChI is InChI=1S/C14H16N2O5S2/c1-8-10(12(17)11-6-16(2)15-14(11)18)5-4-9(7-23(20)21)13(8)22(3)19/h4-6H,7H2,1-3H3,(H,15,18)(H,20,21). The van der Waals surface area contributed by atoms with Crippen LogP contribution in [-0.2, 0) is 34.7 Å². The molecule has 2 unspecified atom stereocenters. The molecule has 7 nitrogen and oxygen atoms in total. The quantitative estimate of drug-likeness (QED) is 0.606. The van der Waals surface area contributed by atoms with Crippen LogP contribution in [0, 0.1) is 6.92 Å². The lowest BCUT2D eigenvalue weighted by molar-refractivity contribution is 0.103. The van der Waals surface area contributed by atoms with Gasteiger partial charge in [-0.15, -0.1) is 0 Å². The van der Waals surface area contributed by atoms with Crippen LogP contribution in [0.3, 0.4) is 0 Å². The van der Waals surface area contributed by atoms with E-state index < -0.39 is 33.2 Å². The van der Waals surface area contributed by atoms with E-state index in [0.29, 0.717) is 16.0 Å². The zero-order valence-corrected chi connectivity index (χ0v) is 14.4. The van der Waals surface area contributed by atoms with Gasteiger partial charge in [-0.25, -0.2) is 4.21 Å². The van der Waals surface area contributed by atoms with Gasteiger partial charge in [-0.3, -0.25) is 23.6 Å². The summed E-state index contributed by atoms with van der Waals surface area (Å²) in [7, 11) is 0.154. The van der Waals surface area contributed by atoms with E-state index in [4.69, 9.17) is 4.55 Å². The van der Waals surface area contributed by atoms with Gasteiger partial charge in [0, 0.05) is 30.0 Å². The van der Waals surface area contributed by atoms with Crippen molar-refractivity contribution < 1.29 is 17.8 Å². The minimum absolute atomic E-state index is 0.0121. The van der Waals surface area contributed by atoms with Gasteiger partial charge in [-0.1, -0.05) is 12.1 Å². The number of nitrogens with zero attached hydrogens (tertiary/aromatic N) is 1. The smallest absolute Gasteiger partial charge is 0.275 e. The normalized spacial score (nSPS) is 13.7. The van der Waals surface area contributed by atoms with Crippen LogP contribution in [0.15, 0.2) is 28.0 Å². The summed E-state index contributed by atoms with van der Waals surface area (Å²) in [6, 6.07) is 2.99. The van der Waals surface area contributed by atoms with Crippen LogP contribution in [0.1, 0.15) is 27.0 Å². The Bertz CT molecular complexity index is 882. The highest BCUT2D eigenvalue weighted by Crippen LogP contribution is 2.24. The van der Waals surface area contributed by atoms with Gasteiger partial charge >= 0.3 is 0 Å². The summed E-state index contributed by atoms with van der Waals surface area (Å²) in [4.78, 5) is 24.7. The molecule has 0 bridgehead atoms. The summed E-state index contributed by atoms with van der Waals surface area (Å²) < 4.78 is 33.5. The van der Waals surface area contributed by atoms with E-state index in [-0.39, 0.29) is 16.9 Å². The molecule has 9 heteroatoms. The number of benzene rings is 1. The third kappa shape index (κ3) is 3.57. The summed E-state index contributed by atoms with van der Waals surface area (Å²) in [6.45, 7) is 1.62. The second-order valence-corrected chi connectivity index (χ2v) is 7.32. The Labute approximate surface area is 137 Å². The van der Waals surface area contributed by atoms with Crippen molar-refractivity contribution in [1.82, 2.24) is 9.78 Å². The summed E-state index contributed by atoms with van der Waals surface area (Å²) in [6.07, 6.45) is 2.83. The third-order valence-corrected chi connectivity index (χ3v) is 5.09. The first-order valence-corrected chi connectivity index (χ1v) is 9.39. The molecule has 0 aliphatic heterocycles. The zero-order valence-electron chi connectivity index (χ0n) is 12.8. The summed E-state index contributed by atoms with van der Waals surface area (Å²) in [5.74, 6) is -0.649. The number of ketones is 1. The first-order chi connectivity index (χ1) is 10.7. The molecule has 2 N–H and O–H groups in total. The molecule has 0 fully saturated rings. The second-order valence-electron chi connectivity index (χ2n) is 5.07. The van der Waals surface area contributed by atoms with Gasteiger partial charge < -0.3 is 4.55 Å². The van der Waals surface area contributed by atoms with E-state index in [1.54, 1.807) is 14.0 Å². The fraction of sp³-hybridized carbons (Fsp3) is 0.286. The largest absolute Gasteiger partial charge is 0.306 e. The maximum atomic E-state index is 12.6. The first-order valence-electron chi connectivity index (χ1n) is 6.56. The maximum absolute atomic E-state index is 12.6. The average Bonchev–Trinajstić information content (AvgIpc) is 2.76. The van der Waals surface area contributed by atoms with Crippen molar-refractivity contribution in [3.63, 3.8) is 0 Å². The van der Waals surface area contributed by atoms with E-state index in [2.05, 4.69) is 5.10 Å². The average molecular weight is 356 g/mol. The molecule has 0 saturated carbocycles. The Kier molecular flexibility index (Phi) is 5.12. The van der Waals surface area contributed by atoms with Crippen molar-refractivity contribution in [2.45, 2.75) is 17.6 Å². The van der Waals surface area contributed by atoms with E-state index >= 15 is 0 Å². The molecule has 0 spiro atoms. The molecule has 2 atom stereocenters. The molecule has 0 saturated heterocycles. The summed E-state index contributed by atoms with van der Waals surface area (Å²) in [5, 5.41) is 2.46. The van der Waals surface area contributed by atoms with E-state index in [1.165, 1.54) is 29.3 Å². The lowest BCUT2D eigenvalue weighted by atomic mass is 9.99. The molecular weight excluding hydrogens is 340 g/mol. The van der Waals surface area contributed by atoms with Crippen molar-refractivity contribution >= 4 is 27.7 Å². The minimum atomic E-state index is -2.08. The number of nitrogens with one attached hydrogen (secondary N) is 1. The SMILES string of the molecule is Cc1c(C(=O)c2cn(C)[nH]c2=O)ccc(CS(=O)O)c1S(C)=O. The van der Waals surface area contributed by atoms with Crippen molar-refractivity contribution in [2.75, 3.05) is 6.26 Å². The van der Waals surface area contributed by atoms with Gasteiger partial charge in [-0.05, 0) is 18.1 Å². The number of carbonyl (C=O) groups excluding carboxylic acids is 1. The molecule has 0 aliphatic carbocycles. The highest BCUT2D eigenvalue weighted by Gasteiger charge is 2.21. The summed E-state index contributed by atoms with van der Waals surface area (Å²) in [5.41, 5.74) is 0.627.